The fraction of sp³-hybridized carbons (Fsp3) is 0.545. The molecular formula is C11H20N2. The molecule has 1 heterocycles. The second kappa shape index (κ2) is 9.04. The highest BCUT2D eigenvalue weighted by Gasteiger charge is 1.87. The van der Waals surface area contributed by atoms with Crippen LogP contribution in [0.1, 0.15) is 33.6 Å². The molecule has 2 nitrogen and oxygen atoms in total. The molecule has 0 aromatic carbocycles. The molecule has 0 saturated heterocycles. The molecule has 0 amide bonds. The summed E-state index contributed by atoms with van der Waals surface area (Å²) < 4.78 is 0. The Morgan fingerprint density at radius 1 is 1.31 bits per heavy atom. The minimum Gasteiger partial charge on any atom is -0.370 e. The van der Waals surface area contributed by atoms with Gasteiger partial charge in [0.05, 0.1) is 0 Å². The molecule has 0 bridgehead atoms. The van der Waals surface area contributed by atoms with Gasteiger partial charge in [0, 0.05) is 12.7 Å². The summed E-state index contributed by atoms with van der Waals surface area (Å²) in [5.74, 6) is 0.973. The SMILES string of the molecule is CC.CCCCNc1ccccn1. The van der Waals surface area contributed by atoms with Crippen LogP contribution < -0.4 is 5.32 Å². The second-order valence-corrected chi connectivity index (χ2v) is 2.50. The van der Waals surface area contributed by atoms with Gasteiger partial charge in [0.25, 0.3) is 0 Å². The Morgan fingerprint density at radius 2 is 2.08 bits per heavy atom. The van der Waals surface area contributed by atoms with Gasteiger partial charge in [-0.1, -0.05) is 33.3 Å². The normalized spacial score (nSPS) is 8.54. The van der Waals surface area contributed by atoms with E-state index in [0.717, 1.165) is 12.4 Å². The molecular weight excluding hydrogens is 160 g/mol. The fourth-order valence-electron chi connectivity index (χ4n) is 0.861. The molecule has 1 aromatic heterocycles. The Bertz CT molecular complexity index is 185. The smallest absolute Gasteiger partial charge is 0.125 e. The van der Waals surface area contributed by atoms with Crippen LogP contribution in [-0.4, -0.2) is 11.5 Å². The van der Waals surface area contributed by atoms with E-state index in [4.69, 9.17) is 0 Å². The first-order chi connectivity index (χ1) is 6.43. The van der Waals surface area contributed by atoms with Gasteiger partial charge in [-0.3, -0.25) is 0 Å². The summed E-state index contributed by atoms with van der Waals surface area (Å²) in [5.41, 5.74) is 0. The number of unbranched alkanes of at least 4 members (excludes halogenated alkanes) is 1. The number of rotatable bonds is 4. The van der Waals surface area contributed by atoms with Crippen molar-refractivity contribution in [2.24, 2.45) is 0 Å². The summed E-state index contributed by atoms with van der Waals surface area (Å²) >= 11 is 0. The summed E-state index contributed by atoms with van der Waals surface area (Å²) in [4.78, 5) is 4.14. The maximum absolute atomic E-state index is 4.14. The van der Waals surface area contributed by atoms with Crippen LogP contribution in [0.4, 0.5) is 5.82 Å². The van der Waals surface area contributed by atoms with E-state index in [0.29, 0.717) is 0 Å². The van der Waals surface area contributed by atoms with Crippen LogP contribution in [0, 0.1) is 0 Å². The highest BCUT2D eigenvalue weighted by Crippen LogP contribution is 1.99. The van der Waals surface area contributed by atoms with Crippen molar-refractivity contribution in [1.82, 2.24) is 4.98 Å². The standard InChI is InChI=1S/C9H14N2.C2H6/c1-2-3-7-10-9-6-4-5-8-11-9;1-2/h4-6,8H,2-3,7H2,1H3,(H,10,11);1-2H3. The third-order valence-electron chi connectivity index (χ3n) is 1.50. The molecule has 74 valence electrons. The van der Waals surface area contributed by atoms with E-state index >= 15 is 0 Å². The van der Waals surface area contributed by atoms with Gasteiger partial charge in [0.2, 0.25) is 0 Å². The highest BCUT2D eigenvalue weighted by molar-refractivity contribution is 5.32. The van der Waals surface area contributed by atoms with Gasteiger partial charge in [-0.15, -0.1) is 0 Å². The summed E-state index contributed by atoms with van der Waals surface area (Å²) in [6.45, 7) is 7.20. The monoisotopic (exact) mass is 180 g/mol. The minimum absolute atomic E-state index is 0.973. The van der Waals surface area contributed by atoms with E-state index in [1.807, 2.05) is 32.0 Å². The molecule has 0 fully saturated rings. The molecule has 0 spiro atoms. The van der Waals surface area contributed by atoms with Gasteiger partial charge in [-0.2, -0.15) is 0 Å². The largest absolute Gasteiger partial charge is 0.370 e. The van der Waals surface area contributed by atoms with E-state index in [1.165, 1.54) is 12.8 Å². The van der Waals surface area contributed by atoms with Crippen LogP contribution in [0.15, 0.2) is 24.4 Å². The Balaban J connectivity index is 0.000000671. The van der Waals surface area contributed by atoms with E-state index in [9.17, 15) is 0 Å². The van der Waals surface area contributed by atoms with Gasteiger partial charge in [-0.05, 0) is 18.6 Å². The molecule has 1 rings (SSSR count). The molecule has 0 aliphatic carbocycles. The van der Waals surface area contributed by atoms with Gasteiger partial charge in [0.1, 0.15) is 5.82 Å². The quantitative estimate of drug-likeness (QED) is 0.719. The number of hydrogen-bond donors (Lipinski definition) is 1. The maximum Gasteiger partial charge on any atom is 0.125 e. The Labute approximate surface area is 81.4 Å². The minimum atomic E-state index is 0.973. The molecule has 13 heavy (non-hydrogen) atoms. The third kappa shape index (κ3) is 6.14. The summed E-state index contributed by atoms with van der Waals surface area (Å²) in [7, 11) is 0. The molecule has 1 aromatic rings. The lowest BCUT2D eigenvalue weighted by atomic mass is 10.3. The van der Waals surface area contributed by atoms with Crippen LogP contribution in [0.25, 0.3) is 0 Å². The zero-order chi connectivity index (χ0) is 9.94. The Morgan fingerprint density at radius 3 is 2.62 bits per heavy atom. The zero-order valence-electron chi connectivity index (χ0n) is 8.88. The van der Waals surface area contributed by atoms with Gasteiger partial charge in [-0.25, -0.2) is 4.98 Å². The lowest BCUT2D eigenvalue weighted by Crippen LogP contribution is -2.01. The Hall–Kier alpha value is -1.05. The first-order valence-electron chi connectivity index (χ1n) is 5.08. The number of nitrogens with one attached hydrogen (secondary N) is 1. The summed E-state index contributed by atoms with van der Waals surface area (Å²) in [5, 5.41) is 3.23. The molecule has 0 atom stereocenters. The average molecular weight is 180 g/mol. The summed E-state index contributed by atoms with van der Waals surface area (Å²) in [6.07, 6.45) is 4.23. The van der Waals surface area contributed by atoms with Crippen molar-refractivity contribution in [1.29, 1.82) is 0 Å². The van der Waals surface area contributed by atoms with Crippen LogP contribution in [0.3, 0.4) is 0 Å². The van der Waals surface area contributed by atoms with Gasteiger partial charge >= 0.3 is 0 Å². The summed E-state index contributed by atoms with van der Waals surface area (Å²) in [6, 6.07) is 5.89. The number of pyridine rings is 1. The molecule has 0 saturated carbocycles. The molecule has 0 unspecified atom stereocenters. The molecule has 0 aliphatic heterocycles. The van der Waals surface area contributed by atoms with Crippen molar-refractivity contribution in [3.63, 3.8) is 0 Å². The number of hydrogen-bond acceptors (Lipinski definition) is 2. The Kier molecular flexibility index (Phi) is 8.31. The highest BCUT2D eigenvalue weighted by atomic mass is 15.0. The van der Waals surface area contributed by atoms with E-state index in [1.54, 1.807) is 6.20 Å². The molecule has 0 aliphatic rings. The molecule has 0 radical (unpaired) electrons. The zero-order valence-corrected chi connectivity index (χ0v) is 8.88. The predicted molar refractivity (Wildman–Crippen MR) is 59.0 cm³/mol. The van der Waals surface area contributed by atoms with Crippen LogP contribution in [0.2, 0.25) is 0 Å². The fourth-order valence-corrected chi connectivity index (χ4v) is 0.861. The van der Waals surface area contributed by atoms with Crippen molar-refractivity contribution in [2.75, 3.05) is 11.9 Å². The first-order valence-corrected chi connectivity index (χ1v) is 5.08. The van der Waals surface area contributed by atoms with Gasteiger partial charge in [0.15, 0.2) is 0 Å². The second-order valence-electron chi connectivity index (χ2n) is 2.50. The maximum atomic E-state index is 4.14. The van der Waals surface area contributed by atoms with Crippen molar-refractivity contribution in [2.45, 2.75) is 33.6 Å². The predicted octanol–water partition coefficient (Wildman–Crippen LogP) is 3.32. The lowest BCUT2D eigenvalue weighted by molar-refractivity contribution is 0.831. The number of nitrogens with zero attached hydrogens (tertiary/aromatic N) is 1. The van der Waals surface area contributed by atoms with E-state index in [2.05, 4.69) is 17.2 Å². The van der Waals surface area contributed by atoms with Crippen LogP contribution in [-0.2, 0) is 0 Å². The molecule has 1 N–H and O–H groups in total. The van der Waals surface area contributed by atoms with Crippen molar-refractivity contribution in [3.8, 4) is 0 Å². The van der Waals surface area contributed by atoms with E-state index in [-0.39, 0.29) is 0 Å². The average Bonchev–Trinajstić information content (AvgIpc) is 2.23. The van der Waals surface area contributed by atoms with Crippen LogP contribution >= 0.6 is 0 Å². The molecule has 2 heteroatoms. The number of aromatic nitrogens is 1. The number of anilines is 1. The van der Waals surface area contributed by atoms with Crippen LogP contribution in [0.5, 0.6) is 0 Å². The lowest BCUT2D eigenvalue weighted by Gasteiger charge is -2.02. The first kappa shape index (κ1) is 11.9. The van der Waals surface area contributed by atoms with Crippen molar-refractivity contribution >= 4 is 5.82 Å². The third-order valence-corrected chi connectivity index (χ3v) is 1.50. The van der Waals surface area contributed by atoms with Crippen molar-refractivity contribution < 1.29 is 0 Å². The topological polar surface area (TPSA) is 24.9 Å². The van der Waals surface area contributed by atoms with Crippen molar-refractivity contribution in [3.05, 3.63) is 24.4 Å². The van der Waals surface area contributed by atoms with E-state index < -0.39 is 0 Å². The van der Waals surface area contributed by atoms with Gasteiger partial charge < -0.3 is 5.32 Å².